The molecule has 0 heterocycles. The molecule has 0 fully saturated rings. The topological polar surface area (TPSA) is 0 Å². The van der Waals surface area contributed by atoms with Crippen molar-refractivity contribution in [2.75, 3.05) is 0 Å². The monoisotopic (exact) mass is 688 g/mol. The number of hydrogen-bond acceptors (Lipinski definition) is 0. The third-order valence-corrected chi connectivity index (χ3v) is 6.96. The van der Waals surface area contributed by atoms with Crippen molar-refractivity contribution in [2.45, 2.75) is 12.8 Å². The molecule has 0 aromatic heterocycles. The standard InChI is InChI=1S/C13H9.2C11H9.C5H5.CH2.2ClH.Zr/c1-3-7-12-10(5-1)9-11-6-2-4-8-13(11)12;2*1-9-5-4-7-10-6-2-3-8-11(9)10;1-2-4-5-3-1;;;;/h1-5,7-8H,9H2;2*2-8H,1H2;1-3H,4H2;1H2;2*1H;/q4*-1;;;;. The molecule has 0 saturated carbocycles. The van der Waals surface area contributed by atoms with Gasteiger partial charge in [0, 0.05) is 0 Å². The molecule has 0 atom stereocenters. The van der Waals surface area contributed by atoms with E-state index >= 15 is 0 Å². The summed E-state index contributed by atoms with van der Waals surface area (Å²) in [5.41, 5.74) is 7.71. The van der Waals surface area contributed by atoms with Crippen LogP contribution in [-0.2, 0) is 30.7 Å². The maximum absolute atomic E-state index is 3.95. The summed E-state index contributed by atoms with van der Waals surface area (Å²) in [4.78, 5) is 0. The van der Waals surface area contributed by atoms with Gasteiger partial charge in [0.25, 0.3) is 0 Å². The molecule has 0 unspecified atom stereocenters. The fourth-order valence-electron chi connectivity index (χ4n) is 4.92. The summed E-state index contributed by atoms with van der Waals surface area (Å²) in [6.45, 7) is 7.90. The van der Waals surface area contributed by atoms with E-state index in [9.17, 15) is 0 Å². The van der Waals surface area contributed by atoms with Crippen LogP contribution in [0, 0.1) is 26.0 Å². The summed E-state index contributed by atoms with van der Waals surface area (Å²) in [6.07, 6.45) is 11.0. The van der Waals surface area contributed by atoms with Crippen molar-refractivity contribution in [2.24, 2.45) is 0 Å². The Morgan fingerprint density at radius 1 is 0.591 bits per heavy atom. The average molecular weight is 691 g/mol. The van der Waals surface area contributed by atoms with Gasteiger partial charge in [-0.05, 0) is 6.42 Å². The fraction of sp³-hybridized carbons (Fsp3) is 0.0488. The molecule has 0 radical (unpaired) electrons. The Balaban J connectivity index is 0.000000204. The quantitative estimate of drug-likeness (QED) is 0.139. The van der Waals surface area contributed by atoms with E-state index in [1.54, 1.807) is 0 Å². The smallest absolute Gasteiger partial charge is 0.0253 e. The number of rotatable bonds is 0. The number of benzene rings is 6. The Morgan fingerprint density at radius 3 is 1.64 bits per heavy atom. The van der Waals surface area contributed by atoms with Crippen LogP contribution >= 0.6 is 24.8 Å². The zero-order valence-corrected chi connectivity index (χ0v) is 28.8. The van der Waals surface area contributed by atoms with Crippen LogP contribution in [0.5, 0.6) is 0 Å². The first-order valence-electron chi connectivity index (χ1n) is 13.9. The van der Waals surface area contributed by atoms with Gasteiger partial charge >= 0.3 is 28.4 Å². The van der Waals surface area contributed by atoms with E-state index in [2.05, 4.69) is 109 Å². The number of allylic oxidation sites excluding steroid dienone is 4. The second kappa shape index (κ2) is 19.6. The molecule has 0 aliphatic heterocycles. The second-order valence-corrected chi connectivity index (χ2v) is 9.68. The van der Waals surface area contributed by atoms with E-state index in [4.69, 9.17) is 0 Å². The molecular weight excluding hydrogens is 655 g/mol. The van der Waals surface area contributed by atoms with E-state index < -0.39 is 0 Å². The molecule has 0 spiro atoms. The molecular formula is C41H36Cl2Zr-4. The molecule has 0 nitrogen and oxygen atoms in total. The number of hydrogen-bond donors (Lipinski definition) is 0. The minimum Gasteiger partial charge on any atom is -0.179 e. The Morgan fingerprint density at radius 2 is 1.11 bits per heavy atom. The van der Waals surface area contributed by atoms with Crippen molar-refractivity contribution in [1.82, 2.24) is 0 Å². The fourth-order valence-corrected chi connectivity index (χ4v) is 4.92. The van der Waals surface area contributed by atoms with Gasteiger partial charge < -0.3 is 0 Å². The zero-order chi connectivity index (χ0) is 29.6. The predicted octanol–water partition coefficient (Wildman–Crippen LogP) is 11.2. The van der Waals surface area contributed by atoms with Crippen LogP contribution in [0.15, 0.2) is 146 Å². The van der Waals surface area contributed by atoms with Gasteiger partial charge in [-0.2, -0.15) is 73.0 Å². The molecule has 6 aromatic carbocycles. The van der Waals surface area contributed by atoms with Crippen molar-refractivity contribution in [3.8, 4) is 11.1 Å². The minimum atomic E-state index is 0. The van der Waals surface area contributed by atoms with Gasteiger partial charge in [-0.25, -0.2) is 12.2 Å². The minimum absolute atomic E-state index is 0. The van der Waals surface area contributed by atoms with E-state index in [1.807, 2.05) is 66.7 Å². The van der Waals surface area contributed by atoms with Gasteiger partial charge in [-0.3, -0.25) is 6.08 Å². The van der Waals surface area contributed by atoms with Gasteiger partial charge in [-0.1, -0.05) is 94.7 Å². The van der Waals surface area contributed by atoms with Gasteiger partial charge in [0.2, 0.25) is 0 Å². The summed E-state index contributed by atoms with van der Waals surface area (Å²) >= 11 is 1.30. The van der Waals surface area contributed by atoms with Gasteiger partial charge in [0.15, 0.2) is 0 Å². The van der Waals surface area contributed by atoms with E-state index in [0.717, 1.165) is 24.0 Å². The maximum atomic E-state index is 3.95. The SMILES string of the molecule is Cl.Cl.[C-]1=CC=CC1.[CH2-]c1cccc2ccccc12.[CH2-]c1cccc2ccccc12.[CH2]=[Zr].[c-]1cccc2c1Cc1ccccc1-2. The van der Waals surface area contributed by atoms with Crippen LogP contribution in [-0.4, -0.2) is 4.21 Å². The molecule has 8 rings (SSSR count). The van der Waals surface area contributed by atoms with Crippen LogP contribution < -0.4 is 0 Å². The Labute approximate surface area is 290 Å². The molecule has 6 aromatic rings. The summed E-state index contributed by atoms with van der Waals surface area (Å²) in [6, 6.07) is 47.0. The molecule has 2 aliphatic rings. The average Bonchev–Trinajstić information content (AvgIpc) is 3.76. The maximum Gasteiger partial charge on any atom is -0.0253 e. The Kier molecular flexibility index (Phi) is 16.3. The van der Waals surface area contributed by atoms with Crippen molar-refractivity contribution in [3.63, 3.8) is 0 Å². The summed E-state index contributed by atoms with van der Waals surface area (Å²) < 4.78 is 3.34. The third-order valence-electron chi connectivity index (χ3n) is 6.96. The van der Waals surface area contributed by atoms with Gasteiger partial charge in [-0.15, -0.1) is 71.8 Å². The largest absolute Gasteiger partial charge is 0.179 e. The van der Waals surface area contributed by atoms with Crippen molar-refractivity contribution in [1.29, 1.82) is 0 Å². The molecule has 44 heavy (non-hydrogen) atoms. The van der Waals surface area contributed by atoms with Crippen LogP contribution in [0.4, 0.5) is 0 Å². The summed E-state index contributed by atoms with van der Waals surface area (Å²) in [5.74, 6) is 0. The molecule has 0 N–H and O–H groups in total. The van der Waals surface area contributed by atoms with Gasteiger partial charge in [0.1, 0.15) is 0 Å². The van der Waals surface area contributed by atoms with E-state index in [0.29, 0.717) is 0 Å². The summed E-state index contributed by atoms with van der Waals surface area (Å²) in [5, 5.41) is 5.02. The van der Waals surface area contributed by atoms with Crippen LogP contribution in [0.25, 0.3) is 32.7 Å². The molecule has 0 bridgehead atoms. The summed E-state index contributed by atoms with van der Waals surface area (Å²) in [7, 11) is 0. The first-order valence-corrected chi connectivity index (χ1v) is 15.7. The van der Waals surface area contributed by atoms with E-state index in [-0.39, 0.29) is 24.8 Å². The Bertz CT molecular complexity index is 1660. The van der Waals surface area contributed by atoms with Crippen molar-refractivity contribution >= 4 is 50.6 Å². The number of fused-ring (bicyclic) bond motifs is 5. The molecule has 0 amide bonds. The molecule has 222 valence electrons. The van der Waals surface area contributed by atoms with Gasteiger partial charge in [0.05, 0.1) is 0 Å². The normalized spacial score (nSPS) is 10.8. The number of halogens is 2. The first kappa shape index (κ1) is 36.6. The van der Waals surface area contributed by atoms with Crippen molar-refractivity contribution in [3.05, 3.63) is 194 Å². The third kappa shape index (κ3) is 9.97. The Hall–Kier alpha value is -3.61. The zero-order valence-electron chi connectivity index (χ0n) is 24.7. The van der Waals surface area contributed by atoms with E-state index in [1.165, 1.54) is 68.0 Å². The first-order chi connectivity index (χ1) is 20.7. The molecule has 2 aliphatic carbocycles. The van der Waals surface area contributed by atoms with Crippen LogP contribution in [0.3, 0.4) is 0 Å². The second-order valence-electron chi connectivity index (χ2n) is 9.68. The molecule has 0 saturated heterocycles. The van der Waals surface area contributed by atoms with Crippen LogP contribution in [0.2, 0.25) is 0 Å². The molecule has 3 heteroatoms. The predicted molar refractivity (Wildman–Crippen MR) is 194 cm³/mol. The van der Waals surface area contributed by atoms with Crippen LogP contribution in [0.1, 0.15) is 28.7 Å². The van der Waals surface area contributed by atoms with Crippen molar-refractivity contribution < 1.29 is 24.2 Å².